The number of hydrogen-bond acceptors (Lipinski definition) is 2. The number of aromatic nitrogens is 2. The number of imidazole rings is 1. The Hall–Kier alpha value is -0.940. The smallest absolute Gasteiger partial charge is 0.128 e. The van der Waals surface area contributed by atoms with Gasteiger partial charge in [-0.25, -0.2) is 9.37 Å². The molecule has 1 aromatic heterocycles. The summed E-state index contributed by atoms with van der Waals surface area (Å²) in [5, 5.41) is 0. The summed E-state index contributed by atoms with van der Waals surface area (Å²) in [6.07, 6.45) is 2.42. The van der Waals surface area contributed by atoms with Crippen molar-refractivity contribution in [3.8, 4) is 0 Å². The molecular formula is C15H18ClFN2OS. The van der Waals surface area contributed by atoms with Crippen LogP contribution in [-0.4, -0.2) is 31.1 Å². The quantitative estimate of drug-likeness (QED) is 0.810. The van der Waals surface area contributed by atoms with E-state index in [4.69, 9.17) is 11.6 Å². The van der Waals surface area contributed by atoms with Gasteiger partial charge in [0, 0.05) is 46.7 Å². The van der Waals surface area contributed by atoms with Crippen molar-refractivity contribution in [2.45, 2.75) is 32.2 Å². The van der Waals surface area contributed by atoms with Crippen LogP contribution in [0.1, 0.15) is 30.3 Å². The number of alkyl halides is 1. The van der Waals surface area contributed by atoms with Crippen molar-refractivity contribution in [2.24, 2.45) is 0 Å². The van der Waals surface area contributed by atoms with Crippen LogP contribution in [0.15, 0.2) is 12.1 Å². The molecule has 0 unspecified atom stereocenters. The van der Waals surface area contributed by atoms with Gasteiger partial charge in [-0.05, 0) is 31.4 Å². The lowest BCUT2D eigenvalue weighted by Crippen LogP contribution is -2.23. The normalized spacial score (nSPS) is 22.8. The fourth-order valence-corrected chi connectivity index (χ4v) is 4.42. The first-order valence-corrected chi connectivity index (χ1v) is 9.20. The maximum atomic E-state index is 13.8. The molecule has 1 aromatic carbocycles. The van der Waals surface area contributed by atoms with E-state index in [1.807, 2.05) is 6.07 Å². The molecule has 2 aromatic rings. The molecule has 2 heterocycles. The minimum Gasteiger partial charge on any atom is -0.325 e. The Labute approximate surface area is 131 Å². The molecule has 1 saturated heterocycles. The standard InChI is InChI=1S/C15H18ClFN2OS/c1-10-8-14-13(9-12(10)17)18-15(2-5-16)19(14)11-3-6-21(20)7-4-11/h8-9,11H,2-7H2,1H3. The summed E-state index contributed by atoms with van der Waals surface area (Å²) in [7, 11) is -0.694. The number of nitrogens with zero attached hydrogens (tertiary/aromatic N) is 2. The fourth-order valence-electron chi connectivity index (χ4n) is 2.98. The average molecular weight is 329 g/mol. The lowest BCUT2D eigenvalue weighted by atomic mass is 10.1. The molecule has 3 rings (SSSR count). The molecule has 0 atom stereocenters. The van der Waals surface area contributed by atoms with Crippen molar-refractivity contribution in [3.63, 3.8) is 0 Å². The van der Waals surface area contributed by atoms with Crippen LogP contribution in [0.4, 0.5) is 4.39 Å². The van der Waals surface area contributed by atoms with E-state index in [1.165, 1.54) is 6.07 Å². The molecule has 0 saturated carbocycles. The zero-order valence-corrected chi connectivity index (χ0v) is 13.5. The Morgan fingerprint density at radius 2 is 2.14 bits per heavy atom. The van der Waals surface area contributed by atoms with E-state index in [9.17, 15) is 8.60 Å². The molecule has 3 nitrogen and oxygen atoms in total. The molecule has 6 heteroatoms. The highest BCUT2D eigenvalue weighted by molar-refractivity contribution is 7.85. The minimum atomic E-state index is -0.694. The Morgan fingerprint density at radius 3 is 2.81 bits per heavy atom. The van der Waals surface area contributed by atoms with Gasteiger partial charge in [-0.15, -0.1) is 11.6 Å². The number of fused-ring (bicyclic) bond motifs is 1. The Morgan fingerprint density at radius 1 is 1.43 bits per heavy atom. The van der Waals surface area contributed by atoms with Crippen molar-refractivity contribution < 1.29 is 8.60 Å². The summed E-state index contributed by atoms with van der Waals surface area (Å²) >= 11 is 5.88. The zero-order valence-electron chi connectivity index (χ0n) is 11.9. The van der Waals surface area contributed by atoms with E-state index in [1.54, 1.807) is 6.92 Å². The Bertz CT molecular complexity index is 691. The number of halogens is 2. The van der Waals surface area contributed by atoms with Gasteiger partial charge in [-0.3, -0.25) is 4.21 Å². The van der Waals surface area contributed by atoms with Crippen LogP contribution in [0.3, 0.4) is 0 Å². The molecule has 21 heavy (non-hydrogen) atoms. The highest BCUT2D eigenvalue weighted by Crippen LogP contribution is 2.30. The molecule has 1 fully saturated rings. The van der Waals surface area contributed by atoms with Crippen molar-refractivity contribution >= 4 is 33.4 Å². The van der Waals surface area contributed by atoms with Gasteiger partial charge in [-0.1, -0.05) is 0 Å². The maximum absolute atomic E-state index is 13.8. The molecule has 0 N–H and O–H groups in total. The van der Waals surface area contributed by atoms with Crippen LogP contribution in [-0.2, 0) is 17.2 Å². The van der Waals surface area contributed by atoms with Gasteiger partial charge in [0.15, 0.2) is 0 Å². The second-order valence-corrected chi connectivity index (χ2v) is 7.58. The van der Waals surface area contributed by atoms with Gasteiger partial charge < -0.3 is 4.57 Å². The predicted molar refractivity (Wildman–Crippen MR) is 85.0 cm³/mol. The van der Waals surface area contributed by atoms with E-state index in [2.05, 4.69) is 9.55 Å². The number of aryl methyl sites for hydroxylation is 2. The van der Waals surface area contributed by atoms with Crippen LogP contribution < -0.4 is 0 Å². The minimum absolute atomic E-state index is 0.227. The SMILES string of the molecule is Cc1cc2c(cc1F)nc(CCCl)n2C1CCS(=O)CC1. The molecule has 0 aliphatic carbocycles. The van der Waals surface area contributed by atoms with Crippen LogP contribution >= 0.6 is 11.6 Å². The first-order valence-electron chi connectivity index (χ1n) is 7.18. The third kappa shape index (κ3) is 2.86. The van der Waals surface area contributed by atoms with Gasteiger partial charge >= 0.3 is 0 Å². The van der Waals surface area contributed by atoms with Gasteiger partial charge in [0.2, 0.25) is 0 Å². The van der Waals surface area contributed by atoms with Gasteiger partial charge in [0.1, 0.15) is 11.6 Å². The second-order valence-electron chi connectivity index (χ2n) is 5.51. The number of hydrogen-bond donors (Lipinski definition) is 0. The van der Waals surface area contributed by atoms with Crippen molar-refractivity contribution in [1.29, 1.82) is 0 Å². The predicted octanol–water partition coefficient (Wildman–Crippen LogP) is 3.35. The van der Waals surface area contributed by atoms with Gasteiger partial charge in [0.25, 0.3) is 0 Å². The zero-order chi connectivity index (χ0) is 15.0. The Kier molecular flexibility index (Phi) is 4.31. The first-order chi connectivity index (χ1) is 10.1. The molecule has 0 amide bonds. The van der Waals surface area contributed by atoms with E-state index in [-0.39, 0.29) is 11.9 Å². The van der Waals surface area contributed by atoms with Crippen LogP contribution in [0.25, 0.3) is 11.0 Å². The summed E-state index contributed by atoms with van der Waals surface area (Å²) in [6, 6.07) is 3.65. The van der Waals surface area contributed by atoms with Crippen molar-refractivity contribution in [3.05, 3.63) is 29.3 Å². The average Bonchev–Trinajstić information content (AvgIpc) is 2.78. The van der Waals surface area contributed by atoms with E-state index in [0.29, 0.717) is 23.4 Å². The third-order valence-corrected chi connectivity index (χ3v) is 5.65. The van der Waals surface area contributed by atoms with E-state index >= 15 is 0 Å². The molecular weight excluding hydrogens is 311 g/mol. The van der Waals surface area contributed by atoms with Gasteiger partial charge in [-0.2, -0.15) is 0 Å². The molecule has 0 spiro atoms. The lowest BCUT2D eigenvalue weighted by Gasteiger charge is -2.25. The summed E-state index contributed by atoms with van der Waals surface area (Å²) in [4.78, 5) is 4.56. The number of rotatable bonds is 3. The van der Waals surface area contributed by atoms with Crippen LogP contribution in [0.2, 0.25) is 0 Å². The van der Waals surface area contributed by atoms with E-state index in [0.717, 1.165) is 35.7 Å². The highest BCUT2D eigenvalue weighted by atomic mass is 35.5. The number of benzene rings is 1. The van der Waals surface area contributed by atoms with Crippen LogP contribution in [0.5, 0.6) is 0 Å². The molecule has 1 aliphatic rings. The third-order valence-electron chi connectivity index (χ3n) is 4.08. The summed E-state index contributed by atoms with van der Waals surface area (Å²) < 4.78 is 27.5. The van der Waals surface area contributed by atoms with E-state index < -0.39 is 10.8 Å². The monoisotopic (exact) mass is 328 g/mol. The maximum Gasteiger partial charge on any atom is 0.128 e. The van der Waals surface area contributed by atoms with Crippen molar-refractivity contribution in [1.82, 2.24) is 9.55 Å². The lowest BCUT2D eigenvalue weighted by molar-refractivity contribution is 0.459. The van der Waals surface area contributed by atoms with Gasteiger partial charge in [0.05, 0.1) is 11.0 Å². The first kappa shape index (κ1) is 15.0. The van der Waals surface area contributed by atoms with Crippen LogP contribution in [0, 0.1) is 12.7 Å². The van der Waals surface area contributed by atoms with Crippen molar-refractivity contribution in [2.75, 3.05) is 17.4 Å². The molecule has 1 aliphatic heterocycles. The summed E-state index contributed by atoms with van der Waals surface area (Å²) in [5.41, 5.74) is 2.28. The highest BCUT2D eigenvalue weighted by Gasteiger charge is 2.24. The molecule has 0 radical (unpaired) electrons. The molecule has 114 valence electrons. The topological polar surface area (TPSA) is 34.9 Å². The fraction of sp³-hybridized carbons (Fsp3) is 0.533. The Balaban J connectivity index is 2.11. The summed E-state index contributed by atoms with van der Waals surface area (Å²) in [6.45, 7) is 1.77. The largest absolute Gasteiger partial charge is 0.325 e. The second kappa shape index (κ2) is 6.05. The molecule has 0 bridgehead atoms. The summed E-state index contributed by atoms with van der Waals surface area (Å²) in [5.74, 6) is 2.62.